The van der Waals surface area contributed by atoms with Crippen LogP contribution in [0.4, 0.5) is 0 Å². The lowest BCUT2D eigenvalue weighted by molar-refractivity contribution is -0.143. The molecule has 4 N–H and O–H groups in total. The van der Waals surface area contributed by atoms with E-state index in [0.29, 0.717) is 0 Å². The molecule has 0 amide bonds. The molecule has 1 aliphatic rings. The van der Waals surface area contributed by atoms with Gasteiger partial charge in [0.25, 0.3) is 0 Å². The minimum Gasteiger partial charge on any atom is -0.468 e. The molecule has 3 unspecified atom stereocenters. The summed E-state index contributed by atoms with van der Waals surface area (Å²) in [6.07, 6.45) is 0.702. The number of aliphatic hydroxyl groups excluding tert-OH is 1. The van der Waals surface area contributed by atoms with E-state index >= 15 is 0 Å². The molecule has 0 aliphatic carbocycles. The SMILES string of the molecule is COC(=O)C(N)CC(O)C1CCNC1. The van der Waals surface area contributed by atoms with Gasteiger partial charge in [-0.15, -0.1) is 0 Å². The summed E-state index contributed by atoms with van der Waals surface area (Å²) in [5.74, 6) is -0.249. The molecule has 0 radical (unpaired) electrons. The minimum atomic E-state index is -0.712. The van der Waals surface area contributed by atoms with Crippen LogP contribution >= 0.6 is 0 Å². The first-order chi connectivity index (χ1) is 6.65. The first-order valence-electron chi connectivity index (χ1n) is 4.87. The van der Waals surface area contributed by atoms with Gasteiger partial charge in [-0.3, -0.25) is 4.79 Å². The maximum Gasteiger partial charge on any atom is 0.322 e. The van der Waals surface area contributed by atoms with Crippen LogP contribution in [0.5, 0.6) is 0 Å². The number of nitrogens with two attached hydrogens (primary N) is 1. The molecule has 5 nitrogen and oxygen atoms in total. The summed E-state index contributed by atoms with van der Waals surface area (Å²) in [5, 5.41) is 12.9. The third kappa shape index (κ3) is 2.94. The average molecular weight is 202 g/mol. The van der Waals surface area contributed by atoms with E-state index in [1.165, 1.54) is 7.11 Å². The molecule has 3 atom stereocenters. The van der Waals surface area contributed by atoms with Crippen LogP contribution in [0, 0.1) is 5.92 Å². The van der Waals surface area contributed by atoms with Crippen molar-refractivity contribution in [2.75, 3.05) is 20.2 Å². The van der Waals surface area contributed by atoms with Gasteiger partial charge in [-0.1, -0.05) is 0 Å². The number of hydrogen-bond donors (Lipinski definition) is 3. The molecule has 0 saturated carbocycles. The van der Waals surface area contributed by atoms with Crippen LogP contribution in [0.3, 0.4) is 0 Å². The average Bonchev–Trinajstić information content (AvgIpc) is 2.69. The fourth-order valence-electron chi connectivity index (χ4n) is 1.71. The number of carbonyl (C=O) groups is 1. The predicted molar refractivity (Wildman–Crippen MR) is 51.6 cm³/mol. The Balaban J connectivity index is 2.31. The van der Waals surface area contributed by atoms with Crippen molar-refractivity contribution in [2.24, 2.45) is 11.7 Å². The summed E-state index contributed by atoms with van der Waals surface area (Å²) in [6, 6.07) is -0.712. The molecule has 1 aliphatic heterocycles. The van der Waals surface area contributed by atoms with Crippen molar-refractivity contribution in [1.82, 2.24) is 5.32 Å². The summed E-state index contributed by atoms with van der Waals surface area (Å²) in [5.41, 5.74) is 5.54. The molecule has 0 spiro atoms. The third-order valence-corrected chi connectivity index (χ3v) is 2.64. The Morgan fingerprint density at radius 2 is 2.50 bits per heavy atom. The van der Waals surface area contributed by atoms with Gasteiger partial charge in [0.1, 0.15) is 6.04 Å². The number of rotatable bonds is 4. The highest BCUT2D eigenvalue weighted by molar-refractivity contribution is 5.75. The zero-order valence-corrected chi connectivity index (χ0v) is 8.40. The zero-order chi connectivity index (χ0) is 10.6. The zero-order valence-electron chi connectivity index (χ0n) is 8.40. The fraction of sp³-hybridized carbons (Fsp3) is 0.889. The molecule has 1 heterocycles. The molecule has 0 aromatic carbocycles. The second-order valence-electron chi connectivity index (χ2n) is 3.69. The Hall–Kier alpha value is -0.650. The molecule has 0 aromatic heterocycles. The van der Waals surface area contributed by atoms with Crippen molar-refractivity contribution >= 4 is 5.97 Å². The largest absolute Gasteiger partial charge is 0.468 e. The quantitative estimate of drug-likeness (QED) is 0.501. The number of esters is 1. The van der Waals surface area contributed by atoms with Crippen molar-refractivity contribution in [3.8, 4) is 0 Å². The number of nitrogens with one attached hydrogen (secondary N) is 1. The molecular weight excluding hydrogens is 184 g/mol. The molecule has 14 heavy (non-hydrogen) atoms. The second kappa shape index (κ2) is 5.29. The van der Waals surface area contributed by atoms with E-state index in [-0.39, 0.29) is 12.3 Å². The molecule has 0 bridgehead atoms. The van der Waals surface area contributed by atoms with Crippen LogP contribution in [0.15, 0.2) is 0 Å². The van der Waals surface area contributed by atoms with E-state index in [9.17, 15) is 9.90 Å². The Morgan fingerprint density at radius 3 is 3.00 bits per heavy atom. The Labute approximate surface area is 83.6 Å². The van der Waals surface area contributed by atoms with E-state index in [0.717, 1.165) is 19.5 Å². The molecule has 1 saturated heterocycles. The van der Waals surface area contributed by atoms with E-state index < -0.39 is 18.1 Å². The van der Waals surface area contributed by atoms with Gasteiger partial charge in [0.2, 0.25) is 0 Å². The monoisotopic (exact) mass is 202 g/mol. The van der Waals surface area contributed by atoms with Crippen LogP contribution in [-0.4, -0.2) is 43.4 Å². The summed E-state index contributed by atoms with van der Waals surface area (Å²) >= 11 is 0. The van der Waals surface area contributed by atoms with E-state index in [1.54, 1.807) is 0 Å². The highest BCUT2D eigenvalue weighted by Gasteiger charge is 2.27. The highest BCUT2D eigenvalue weighted by Crippen LogP contribution is 2.16. The minimum absolute atomic E-state index is 0.214. The van der Waals surface area contributed by atoms with Crippen molar-refractivity contribution in [2.45, 2.75) is 25.0 Å². The maximum absolute atomic E-state index is 11.0. The molecule has 82 valence electrons. The van der Waals surface area contributed by atoms with Gasteiger partial charge in [0.05, 0.1) is 13.2 Å². The number of methoxy groups -OCH3 is 1. The van der Waals surface area contributed by atoms with Gasteiger partial charge in [0.15, 0.2) is 0 Å². The van der Waals surface area contributed by atoms with Gasteiger partial charge >= 0.3 is 5.97 Å². The van der Waals surface area contributed by atoms with Gasteiger partial charge in [0, 0.05) is 6.54 Å². The van der Waals surface area contributed by atoms with Crippen molar-refractivity contribution < 1.29 is 14.6 Å². The lowest BCUT2D eigenvalue weighted by Crippen LogP contribution is -2.37. The molecule has 0 aromatic rings. The lowest BCUT2D eigenvalue weighted by atomic mass is 9.96. The van der Waals surface area contributed by atoms with Crippen LogP contribution in [0.2, 0.25) is 0 Å². The fourth-order valence-corrected chi connectivity index (χ4v) is 1.71. The summed E-state index contributed by atoms with van der Waals surface area (Å²) in [4.78, 5) is 11.0. The van der Waals surface area contributed by atoms with Gasteiger partial charge in [-0.05, 0) is 25.3 Å². The molecule has 1 fully saturated rings. The van der Waals surface area contributed by atoms with Crippen molar-refractivity contribution in [1.29, 1.82) is 0 Å². The topological polar surface area (TPSA) is 84.6 Å². The third-order valence-electron chi connectivity index (χ3n) is 2.64. The molecule has 1 rings (SSSR count). The van der Waals surface area contributed by atoms with Crippen molar-refractivity contribution in [3.05, 3.63) is 0 Å². The maximum atomic E-state index is 11.0. The Bertz CT molecular complexity index is 192. The number of ether oxygens (including phenoxy) is 1. The smallest absolute Gasteiger partial charge is 0.322 e. The van der Waals surface area contributed by atoms with Crippen LogP contribution in [-0.2, 0) is 9.53 Å². The number of carbonyl (C=O) groups excluding carboxylic acids is 1. The second-order valence-corrected chi connectivity index (χ2v) is 3.69. The van der Waals surface area contributed by atoms with E-state index in [2.05, 4.69) is 10.1 Å². The normalized spacial score (nSPS) is 25.8. The number of aliphatic hydroxyl groups is 1. The van der Waals surface area contributed by atoms with Gasteiger partial charge < -0.3 is 20.9 Å². The highest BCUT2D eigenvalue weighted by atomic mass is 16.5. The van der Waals surface area contributed by atoms with Gasteiger partial charge in [-0.2, -0.15) is 0 Å². The summed E-state index contributed by atoms with van der Waals surface area (Å²) in [6.45, 7) is 1.73. The van der Waals surface area contributed by atoms with Crippen LogP contribution in [0.1, 0.15) is 12.8 Å². The van der Waals surface area contributed by atoms with E-state index in [1.807, 2.05) is 0 Å². The Morgan fingerprint density at radius 1 is 1.79 bits per heavy atom. The van der Waals surface area contributed by atoms with Gasteiger partial charge in [-0.25, -0.2) is 0 Å². The lowest BCUT2D eigenvalue weighted by Gasteiger charge is -2.19. The van der Waals surface area contributed by atoms with Crippen molar-refractivity contribution in [3.63, 3.8) is 0 Å². The van der Waals surface area contributed by atoms with Crippen LogP contribution in [0.25, 0.3) is 0 Å². The first kappa shape index (κ1) is 11.4. The van der Waals surface area contributed by atoms with E-state index in [4.69, 9.17) is 5.73 Å². The predicted octanol–water partition coefficient (Wildman–Crippen LogP) is -1.15. The Kier molecular flexibility index (Phi) is 4.31. The summed E-state index contributed by atoms with van der Waals surface area (Å²) in [7, 11) is 1.30. The molecule has 5 heteroatoms. The van der Waals surface area contributed by atoms with Crippen LogP contribution < -0.4 is 11.1 Å². The standard InChI is InChI=1S/C9H18N2O3/c1-14-9(13)7(10)4-8(12)6-2-3-11-5-6/h6-8,11-12H,2-5,10H2,1H3. The summed E-state index contributed by atoms with van der Waals surface area (Å²) < 4.78 is 4.48. The first-order valence-corrected chi connectivity index (χ1v) is 4.87. The molecular formula is C9H18N2O3. The number of hydrogen-bond acceptors (Lipinski definition) is 5.